The van der Waals surface area contributed by atoms with Gasteiger partial charge in [0.2, 0.25) is 0 Å². The summed E-state index contributed by atoms with van der Waals surface area (Å²) in [6.45, 7) is 0.731. The molecule has 1 aromatic carbocycles. The fraction of sp³-hybridized carbons (Fsp3) is 0.182. The van der Waals surface area contributed by atoms with E-state index in [9.17, 15) is 4.79 Å². The van der Waals surface area contributed by atoms with Crippen molar-refractivity contribution in [3.63, 3.8) is 0 Å². The van der Waals surface area contributed by atoms with Crippen LogP contribution in [0.1, 0.15) is 0 Å². The van der Waals surface area contributed by atoms with Crippen molar-refractivity contribution >= 4 is 11.6 Å². The molecule has 0 saturated heterocycles. The Morgan fingerprint density at radius 1 is 1.60 bits per heavy atom. The lowest BCUT2D eigenvalue weighted by Gasteiger charge is -2.06. The van der Waals surface area contributed by atoms with Gasteiger partial charge in [-0.3, -0.25) is 4.79 Å². The molecular formula is C11H12N2O2. The Kier molecular flexibility index (Phi) is 4.05. The molecule has 0 saturated carbocycles. The van der Waals surface area contributed by atoms with E-state index in [1.54, 1.807) is 24.3 Å². The molecule has 4 nitrogen and oxygen atoms in total. The number of rotatable bonds is 4. The second kappa shape index (κ2) is 5.55. The lowest BCUT2D eigenvalue weighted by atomic mass is 10.3. The number of hydrogen-bond acceptors (Lipinski definition) is 3. The molecule has 1 amide bonds. The Morgan fingerprint density at radius 2 is 2.40 bits per heavy atom. The summed E-state index contributed by atoms with van der Waals surface area (Å²) in [5.41, 5.74) is 6.20. The number of nitrogens with two attached hydrogens (primary N) is 1. The maximum Gasteiger partial charge on any atom is 0.295 e. The third-order valence-corrected chi connectivity index (χ3v) is 1.65. The van der Waals surface area contributed by atoms with Crippen LogP contribution < -0.4 is 15.8 Å². The van der Waals surface area contributed by atoms with E-state index in [1.165, 1.54) is 0 Å². The van der Waals surface area contributed by atoms with E-state index >= 15 is 0 Å². The van der Waals surface area contributed by atoms with Gasteiger partial charge in [0.1, 0.15) is 12.4 Å². The van der Waals surface area contributed by atoms with Gasteiger partial charge in [0, 0.05) is 11.8 Å². The molecule has 78 valence electrons. The molecule has 1 aromatic rings. The quantitative estimate of drug-likeness (QED) is 0.424. The van der Waals surface area contributed by atoms with Gasteiger partial charge < -0.3 is 15.8 Å². The molecule has 15 heavy (non-hydrogen) atoms. The highest BCUT2D eigenvalue weighted by Crippen LogP contribution is 2.13. The lowest BCUT2D eigenvalue weighted by Crippen LogP contribution is -2.26. The molecule has 0 atom stereocenters. The molecule has 0 aliphatic heterocycles. The maximum absolute atomic E-state index is 10.7. The fourth-order valence-electron chi connectivity index (χ4n) is 0.989. The molecule has 0 aliphatic carbocycles. The Labute approximate surface area is 88.4 Å². The number of hydrogen-bond donors (Lipinski definition) is 2. The highest BCUT2D eigenvalue weighted by molar-refractivity contribution is 5.92. The average molecular weight is 204 g/mol. The maximum atomic E-state index is 10.7. The number of nitrogens with one attached hydrogen (secondary N) is 1. The number of anilines is 1. The van der Waals surface area contributed by atoms with Crippen molar-refractivity contribution in [2.75, 3.05) is 18.9 Å². The molecule has 0 fully saturated rings. The standard InChI is InChI=1S/C11H12N2O2/c1-2-11(14)13-6-7-15-10-5-3-4-9(12)8-10/h1,3-5,8H,6-7,12H2,(H,13,14). The van der Waals surface area contributed by atoms with Crippen LogP contribution in [0.25, 0.3) is 0 Å². The van der Waals surface area contributed by atoms with Gasteiger partial charge in [-0.2, -0.15) is 0 Å². The number of benzene rings is 1. The third kappa shape index (κ3) is 4.05. The largest absolute Gasteiger partial charge is 0.492 e. The molecule has 0 radical (unpaired) electrons. The first-order valence-corrected chi connectivity index (χ1v) is 4.45. The van der Waals surface area contributed by atoms with Crippen LogP contribution >= 0.6 is 0 Å². The zero-order valence-electron chi connectivity index (χ0n) is 8.19. The smallest absolute Gasteiger partial charge is 0.295 e. The summed E-state index contributed by atoms with van der Waals surface area (Å²) in [5.74, 6) is 2.18. The van der Waals surface area contributed by atoms with Gasteiger partial charge in [0.05, 0.1) is 6.54 Å². The number of terminal acetylenes is 1. The van der Waals surface area contributed by atoms with Crippen LogP contribution in [-0.2, 0) is 4.79 Å². The van der Waals surface area contributed by atoms with Crippen molar-refractivity contribution in [1.82, 2.24) is 5.32 Å². The Hall–Kier alpha value is -2.15. The molecule has 4 heteroatoms. The molecule has 1 rings (SSSR count). The minimum Gasteiger partial charge on any atom is -0.492 e. The van der Waals surface area contributed by atoms with Crippen molar-refractivity contribution in [2.45, 2.75) is 0 Å². The second-order valence-electron chi connectivity index (χ2n) is 2.82. The predicted molar refractivity (Wildman–Crippen MR) is 58.2 cm³/mol. The van der Waals surface area contributed by atoms with Gasteiger partial charge in [0.15, 0.2) is 0 Å². The van der Waals surface area contributed by atoms with Crippen LogP contribution in [0.5, 0.6) is 5.75 Å². The summed E-state index contributed by atoms with van der Waals surface area (Å²) >= 11 is 0. The molecular weight excluding hydrogens is 192 g/mol. The van der Waals surface area contributed by atoms with Crippen molar-refractivity contribution < 1.29 is 9.53 Å². The summed E-state index contributed by atoms with van der Waals surface area (Å²) in [6, 6.07) is 7.07. The molecule has 0 bridgehead atoms. The minimum atomic E-state index is -0.439. The van der Waals surface area contributed by atoms with Gasteiger partial charge in [0.25, 0.3) is 5.91 Å². The highest BCUT2D eigenvalue weighted by atomic mass is 16.5. The van der Waals surface area contributed by atoms with Crippen LogP contribution in [0.2, 0.25) is 0 Å². The molecule has 0 heterocycles. The molecule has 3 N–H and O–H groups in total. The van der Waals surface area contributed by atoms with E-state index < -0.39 is 5.91 Å². The summed E-state index contributed by atoms with van der Waals surface area (Å²) in [4.78, 5) is 10.7. The SMILES string of the molecule is C#CC(=O)NCCOc1cccc(N)c1. The Balaban J connectivity index is 2.27. The zero-order valence-corrected chi connectivity index (χ0v) is 8.19. The molecule has 0 aromatic heterocycles. The molecule has 0 spiro atoms. The van der Waals surface area contributed by atoms with Gasteiger partial charge in [-0.15, -0.1) is 6.42 Å². The number of nitrogen functional groups attached to an aromatic ring is 1. The van der Waals surface area contributed by atoms with E-state index in [2.05, 4.69) is 5.32 Å². The monoisotopic (exact) mass is 204 g/mol. The summed E-state index contributed by atoms with van der Waals surface area (Å²) in [6.07, 6.45) is 4.87. The zero-order chi connectivity index (χ0) is 11.1. The minimum absolute atomic E-state index is 0.358. The first-order chi connectivity index (χ1) is 7.22. The summed E-state index contributed by atoms with van der Waals surface area (Å²) in [7, 11) is 0. The highest BCUT2D eigenvalue weighted by Gasteiger charge is 1.95. The predicted octanol–water partition coefficient (Wildman–Crippen LogP) is 0.397. The first kappa shape index (κ1) is 10.9. The fourth-order valence-corrected chi connectivity index (χ4v) is 0.989. The number of amides is 1. The van der Waals surface area contributed by atoms with E-state index in [0.717, 1.165) is 0 Å². The third-order valence-electron chi connectivity index (χ3n) is 1.65. The Morgan fingerprint density at radius 3 is 3.07 bits per heavy atom. The van der Waals surface area contributed by atoms with Crippen LogP contribution in [-0.4, -0.2) is 19.1 Å². The van der Waals surface area contributed by atoms with Crippen molar-refractivity contribution in [1.29, 1.82) is 0 Å². The van der Waals surface area contributed by atoms with Crippen LogP contribution in [0.15, 0.2) is 24.3 Å². The van der Waals surface area contributed by atoms with Crippen LogP contribution in [0.3, 0.4) is 0 Å². The number of carbonyl (C=O) groups is 1. The van der Waals surface area contributed by atoms with Crippen LogP contribution in [0.4, 0.5) is 5.69 Å². The summed E-state index contributed by atoms with van der Waals surface area (Å²) < 4.78 is 5.32. The number of carbonyl (C=O) groups excluding carboxylic acids is 1. The van der Waals surface area contributed by atoms with Crippen molar-refractivity contribution in [3.05, 3.63) is 24.3 Å². The summed E-state index contributed by atoms with van der Waals surface area (Å²) in [5, 5.41) is 2.49. The van der Waals surface area contributed by atoms with E-state index in [4.69, 9.17) is 16.9 Å². The Bertz CT molecular complexity index is 382. The molecule has 0 unspecified atom stereocenters. The van der Waals surface area contributed by atoms with Crippen LogP contribution in [0, 0.1) is 12.3 Å². The van der Waals surface area contributed by atoms with Gasteiger partial charge in [-0.25, -0.2) is 0 Å². The van der Waals surface area contributed by atoms with E-state index in [0.29, 0.717) is 24.6 Å². The average Bonchev–Trinajstić information content (AvgIpc) is 2.24. The number of ether oxygens (including phenoxy) is 1. The van der Waals surface area contributed by atoms with Gasteiger partial charge in [-0.1, -0.05) is 6.07 Å². The van der Waals surface area contributed by atoms with E-state index in [-0.39, 0.29) is 0 Å². The van der Waals surface area contributed by atoms with Crippen molar-refractivity contribution in [3.8, 4) is 18.1 Å². The normalized spacial score (nSPS) is 9.00. The molecule has 0 aliphatic rings. The lowest BCUT2D eigenvalue weighted by molar-refractivity contribution is -0.115. The first-order valence-electron chi connectivity index (χ1n) is 4.45. The second-order valence-corrected chi connectivity index (χ2v) is 2.82. The van der Waals surface area contributed by atoms with Gasteiger partial charge >= 0.3 is 0 Å². The van der Waals surface area contributed by atoms with Gasteiger partial charge in [-0.05, 0) is 18.1 Å². The van der Waals surface area contributed by atoms with E-state index in [1.807, 2.05) is 5.92 Å². The topological polar surface area (TPSA) is 64.3 Å². The van der Waals surface area contributed by atoms with Crippen molar-refractivity contribution in [2.24, 2.45) is 0 Å².